The van der Waals surface area contributed by atoms with E-state index in [2.05, 4.69) is 13.1 Å². The Morgan fingerprint density at radius 1 is 1.21 bits per heavy atom. The fourth-order valence-electron chi connectivity index (χ4n) is 2.46. The summed E-state index contributed by atoms with van der Waals surface area (Å²) in [4.78, 5) is 60.6. The van der Waals surface area contributed by atoms with Gasteiger partial charge in [0.15, 0.2) is 0 Å². The number of nitrogens with one attached hydrogen (secondary N) is 1. The minimum Gasteiger partial charge on any atom is -0.348 e. The first-order valence-corrected chi connectivity index (χ1v) is 12.2. The van der Waals surface area contributed by atoms with Crippen molar-refractivity contribution >= 4 is 23.5 Å². The Balaban J connectivity index is 2.07. The van der Waals surface area contributed by atoms with Crippen LogP contribution in [0.5, 0.6) is 0 Å². The number of hydrogen-bond acceptors (Lipinski definition) is 10. The van der Waals surface area contributed by atoms with E-state index in [1.54, 1.807) is 0 Å². The summed E-state index contributed by atoms with van der Waals surface area (Å²) in [5.41, 5.74) is 2.82. The number of phosphoric ester groups is 1. The molecule has 0 spiro atoms. The summed E-state index contributed by atoms with van der Waals surface area (Å²) in [6, 6.07) is 1.08. The van der Waals surface area contributed by atoms with Gasteiger partial charge in [-0.25, -0.2) is 18.5 Å². The van der Waals surface area contributed by atoms with Crippen LogP contribution in [0.2, 0.25) is 0 Å². The maximum atomic E-state index is 11.8. The van der Waals surface area contributed by atoms with Gasteiger partial charge in [0.2, 0.25) is 0 Å². The largest absolute Gasteiger partial charge is 0.490 e. The van der Waals surface area contributed by atoms with Gasteiger partial charge < -0.3 is 30.0 Å². The molecule has 166 valence electrons. The summed E-state index contributed by atoms with van der Waals surface area (Å²) in [5, 5.41) is 0. The molecule has 7 N–H and O–H groups in total. The lowest BCUT2D eigenvalue weighted by atomic mass is 10.0. The minimum atomic E-state index is -5.65. The number of hydrogen-bond donors (Lipinski definition) is 6. The zero-order valence-corrected chi connectivity index (χ0v) is 17.1. The molecule has 0 radical (unpaired) electrons. The predicted molar refractivity (Wildman–Crippen MR) is 92.3 cm³/mol. The van der Waals surface area contributed by atoms with Crippen molar-refractivity contribution in [2.24, 2.45) is 5.73 Å². The molecular weight excluding hydrogens is 463 g/mol. The second-order valence-corrected chi connectivity index (χ2v) is 10.3. The summed E-state index contributed by atoms with van der Waals surface area (Å²) >= 11 is 0. The van der Waals surface area contributed by atoms with Gasteiger partial charge in [0.1, 0.15) is 11.8 Å². The van der Waals surface area contributed by atoms with Gasteiger partial charge in [-0.15, -0.1) is 0 Å². The summed E-state index contributed by atoms with van der Waals surface area (Å²) < 4.78 is 52.2. The van der Waals surface area contributed by atoms with Crippen molar-refractivity contribution < 1.29 is 51.2 Å². The van der Waals surface area contributed by atoms with Crippen molar-refractivity contribution in [1.82, 2.24) is 9.55 Å². The molecule has 19 heteroatoms. The quantitative estimate of drug-likeness (QED) is 0.229. The van der Waals surface area contributed by atoms with Gasteiger partial charge in [-0.05, 0) is 12.8 Å². The first-order chi connectivity index (χ1) is 13.2. The number of nitrogens with zero attached hydrogens (tertiary/aromatic N) is 1. The van der Waals surface area contributed by atoms with E-state index in [0.29, 0.717) is 0 Å². The Morgan fingerprint density at radius 3 is 2.41 bits per heavy atom. The Morgan fingerprint density at radius 2 is 1.86 bits per heavy atom. The van der Waals surface area contributed by atoms with Crippen molar-refractivity contribution in [1.29, 1.82) is 0 Å². The smallest absolute Gasteiger partial charge is 0.348 e. The van der Waals surface area contributed by atoms with E-state index in [1.165, 1.54) is 6.20 Å². The first-order valence-electron chi connectivity index (χ1n) is 7.64. The second-order valence-electron chi connectivity index (χ2n) is 5.88. The van der Waals surface area contributed by atoms with Crippen LogP contribution < -0.4 is 17.0 Å². The summed E-state index contributed by atoms with van der Waals surface area (Å²) in [6.45, 7) is -1.01. The molecule has 1 aromatic heterocycles. The number of aromatic nitrogens is 2. The van der Waals surface area contributed by atoms with Gasteiger partial charge in [0, 0.05) is 18.8 Å². The molecule has 1 aromatic rings. The molecule has 2 unspecified atom stereocenters. The molecule has 16 nitrogen and oxygen atoms in total. The van der Waals surface area contributed by atoms with Gasteiger partial charge in [0.25, 0.3) is 5.56 Å². The number of H-pyrrole nitrogens is 1. The lowest BCUT2D eigenvalue weighted by molar-refractivity contribution is -0.0918. The van der Waals surface area contributed by atoms with Crippen molar-refractivity contribution in [2.75, 3.05) is 13.2 Å². The third kappa shape index (κ3) is 7.03. The summed E-state index contributed by atoms with van der Waals surface area (Å²) in [5.74, 6) is 0. The average molecular weight is 481 g/mol. The van der Waals surface area contributed by atoms with Gasteiger partial charge in [-0.2, -0.15) is 8.62 Å². The number of rotatable bonds is 9. The molecule has 1 aliphatic heterocycles. The molecule has 0 bridgehead atoms. The fraction of sp³-hybridized carbons (Fsp3) is 0.600. The molecule has 2 heterocycles. The maximum Gasteiger partial charge on any atom is 0.490 e. The van der Waals surface area contributed by atoms with Gasteiger partial charge in [-0.3, -0.25) is 18.9 Å². The average Bonchev–Trinajstić information content (AvgIpc) is 2.94. The highest BCUT2D eigenvalue weighted by Gasteiger charge is 2.45. The molecule has 29 heavy (non-hydrogen) atoms. The summed E-state index contributed by atoms with van der Waals surface area (Å²) in [7, 11) is -16.5. The lowest BCUT2D eigenvalue weighted by Crippen LogP contribution is -2.42. The van der Waals surface area contributed by atoms with E-state index >= 15 is 0 Å². The van der Waals surface area contributed by atoms with E-state index in [0.717, 1.165) is 10.6 Å². The van der Waals surface area contributed by atoms with Crippen LogP contribution in [0.3, 0.4) is 0 Å². The van der Waals surface area contributed by atoms with Crippen LogP contribution in [0.4, 0.5) is 0 Å². The van der Waals surface area contributed by atoms with Gasteiger partial charge in [0.05, 0.1) is 6.61 Å². The van der Waals surface area contributed by atoms with Crippen molar-refractivity contribution in [3.05, 3.63) is 33.1 Å². The number of aromatic amines is 1. The lowest BCUT2D eigenvalue weighted by Gasteiger charge is -2.28. The minimum absolute atomic E-state index is 0.121. The molecular formula is C10H18N3O13P3. The van der Waals surface area contributed by atoms with Crippen LogP contribution in [0.15, 0.2) is 21.9 Å². The van der Waals surface area contributed by atoms with E-state index in [-0.39, 0.29) is 19.4 Å². The Hall–Kier alpha value is -0.990. The van der Waals surface area contributed by atoms with Gasteiger partial charge >= 0.3 is 29.2 Å². The van der Waals surface area contributed by atoms with Crippen molar-refractivity contribution in [3.8, 4) is 0 Å². The first kappa shape index (κ1) is 24.3. The Labute approximate surface area is 161 Å². The molecule has 1 saturated heterocycles. The van der Waals surface area contributed by atoms with Crippen LogP contribution in [-0.2, 0) is 31.6 Å². The number of ether oxygens (including phenoxy) is 1. The molecule has 1 aliphatic rings. The molecule has 1 fully saturated rings. The highest BCUT2D eigenvalue weighted by Crippen LogP contribution is 2.66. The van der Waals surface area contributed by atoms with E-state index < -0.39 is 53.2 Å². The molecule has 0 saturated carbocycles. The van der Waals surface area contributed by atoms with E-state index in [9.17, 15) is 28.2 Å². The van der Waals surface area contributed by atoms with E-state index in [4.69, 9.17) is 25.2 Å². The highest BCUT2D eigenvalue weighted by molar-refractivity contribution is 7.66. The predicted octanol–water partition coefficient (Wildman–Crippen LogP) is -1.11. The molecule has 0 aliphatic carbocycles. The van der Waals surface area contributed by atoms with E-state index in [1.807, 2.05) is 4.98 Å². The van der Waals surface area contributed by atoms with Crippen LogP contribution in [0, 0.1) is 0 Å². The van der Waals surface area contributed by atoms with Gasteiger partial charge in [-0.1, -0.05) is 0 Å². The number of phosphoric acid groups is 3. The van der Waals surface area contributed by atoms with Crippen LogP contribution in [0.25, 0.3) is 0 Å². The molecule has 0 amide bonds. The molecule has 2 rings (SSSR count). The Bertz CT molecular complexity index is 1000. The SMILES string of the molecule is NC[C@@]1(COP(=O)(O)OP(=O)(O)OP(=O)(O)O)CC[C@H](n2ccc(=O)[nH]c2=O)O1. The number of nitrogens with two attached hydrogens (primary N) is 1. The Kier molecular flexibility index (Phi) is 7.23. The summed E-state index contributed by atoms with van der Waals surface area (Å²) in [6.07, 6.45) is 0.603. The third-order valence-electron chi connectivity index (χ3n) is 3.67. The van der Waals surface area contributed by atoms with Crippen molar-refractivity contribution in [3.63, 3.8) is 0 Å². The fourth-order valence-corrected chi connectivity index (χ4v) is 5.55. The van der Waals surface area contributed by atoms with Crippen LogP contribution >= 0.6 is 23.5 Å². The molecule has 0 aromatic carbocycles. The highest BCUT2D eigenvalue weighted by atomic mass is 31.3. The maximum absolute atomic E-state index is 11.8. The van der Waals surface area contributed by atoms with Crippen LogP contribution in [0.1, 0.15) is 19.1 Å². The molecule has 4 atom stereocenters. The third-order valence-corrected chi connectivity index (χ3v) is 7.46. The zero-order chi connectivity index (χ0) is 22.1. The zero-order valence-electron chi connectivity index (χ0n) is 14.4. The standard InChI is InChI=1S/C10H18N3O13P3/c11-5-10(3-1-8(24-10)13-4-2-7(14)12-9(13)15)6-23-28(19,20)26-29(21,22)25-27(16,17)18/h2,4,8H,1,3,5-6,11H2,(H,19,20)(H,21,22)(H,12,14,15)(H2,16,17,18)/t8-,10-/m1/s1. The van der Waals surface area contributed by atoms with Crippen LogP contribution in [-0.4, -0.2) is 47.9 Å². The normalized spacial score (nSPS) is 26.7. The topological polar surface area (TPSA) is 250 Å². The second kappa shape index (κ2) is 8.63. The monoisotopic (exact) mass is 481 g/mol. The van der Waals surface area contributed by atoms with Crippen molar-refractivity contribution in [2.45, 2.75) is 24.7 Å².